The number of aromatic nitrogens is 1. The summed E-state index contributed by atoms with van der Waals surface area (Å²) in [6, 6.07) is 9.96. The lowest BCUT2D eigenvalue weighted by atomic mass is 10.1. The SMILES string of the molecule is CC.CCCc1ccc(CN(C(=O)OC(C)(C)C)c2cc(Cl)cnc2Br)cc1. The second-order valence-electron chi connectivity index (χ2n) is 7.10. The second kappa shape index (κ2) is 11.4. The zero-order valence-electron chi connectivity index (χ0n) is 17.6. The van der Waals surface area contributed by atoms with Gasteiger partial charge in [-0.15, -0.1) is 0 Å². The summed E-state index contributed by atoms with van der Waals surface area (Å²) in [6.45, 7) is 12.0. The fourth-order valence-electron chi connectivity index (χ4n) is 2.45. The van der Waals surface area contributed by atoms with E-state index in [1.165, 1.54) is 11.8 Å². The summed E-state index contributed by atoms with van der Waals surface area (Å²) in [5.41, 5.74) is 2.26. The van der Waals surface area contributed by atoms with E-state index in [9.17, 15) is 4.79 Å². The molecule has 0 aliphatic rings. The van der Waals surface area contributed by atoms with E-state index < -0.39 is 11.7 Å². The molecule has 28 heavy (non-hydrogen) atoms. The fraction of sp³-hybridized carbons (Fsp3) is 0.455. The van der Waals surface area contributed by atoms with E-state index in [1.807, 2.05) is 46.8 Å². The number of hydrogen-bond donors (Lipinski definition) is 0. The van der Waals surface area contributed by atoms with Gasteiger partial charge in [0.25, 0.3) is 0 Å². The Bertz CT molecular complexity index is 758. The molecule has 1 aromatic carbocycles. The van der Waals surface area contributed by atoms with Gasteiger partial charge in [0, 0.05) is 6.20 Å². The van der Waals surface area contributed by atoms with Gasteiger partial charge in [0.15, 0.2) is 0 Å². The Kier molecular flexibility index (Phi) is 9.97. The summed E-state index contributed by atoms with van der Waals surface area (Å²) < 4.78 is 6.12. The van der Waals surface area contributed by atoms with Gasteiger partial charge in [0.2, 0.25) is 0 Å². The van der Waals surface area contributed by atoms with Gasteiger partial charge < -0.3 is 4.74 Å². The smallest absolute Gasteiger partial charge is 0.415 e. The van der Waals surface area contributed by atoms with Crippen LogP contribution in [0.5, 0.6) is 0 Å². The molecule has 1 aromatic heterocycles. The summed E-state index contributed by atoms with van der Waals surface area (Å²) in [7, 11) is 0. The molecule has 0 aliphatic carbocycles. The Balaban J connectivity index is 0.00000190. The standard InChI is InChI=1S/C20H24BrClN2O2.C2H6/c1-5-6-14-7-9-15(10-8-14)13-24(19(25)26-20(2,3)4)17-11-16(22)12-23-18(17)21;1-2/h7-12H,5-6,13H2,1-4H3;1-2H3. The molecule has 0 unspecified atom stereocenters. The number of carbonyl (C=O) groups excluding carboxylic acids is 1. The molecule has 0 saturated heterocycles. The van der Waals surface area contributed by atoms with Gasteiger partial charge in [-0.2, -0.15) is 0 Å². The van der Waals surface area contributed by atoms with Crippen molar-refractivity contribution in [2.75, 3.05) is 4.90 Å². The van der Waals surface area contributed by atoms with Gasteiger partial charge in [-0.05, 0) is 60.3 Å². The van der Waals surface area contributed by atoms with Gasteiger partial charge in [-0.3, -0.25) is 4.90 Å². The molecule has 4 nitrogen and oxygen atoms in total. The molecule has 0 radical (unpaired) electrons. The highest BCUT2D eigenvalue weighted by molar-refractivity contribution is 9.10. The fourth-order valence-corrected chi connectivity index (χ4v) is 3.03. The van der Waals surface area contributed by atoms with E-state index in [-0.39, 0.29) is 0 Å². The van der Waals surface area contributed by atoms with Crippen molar-refractivity contribution in [3.05, 3.63) is 57.3 Å². The molecule has 0 fully saturated rings. The molecule has 0 spiro atoms. The van der Waals surface area contributed by atoms with Gasteiger partial charge in [0.1, 0.15) is 10.2 Å². The maximum Gasteiger partial charge on any atom is 0.415 e. The molecule has 0 saturated carbocycles. The molecule has 6 heteroatoms. The number of benzene rings is 1. The summed E-state index contributed by atoms with van der Waals surface area (Å²) in [5.74, 6) is 0. The van der Waals surface area contributed by atoms with E-state index in [0.29, 0.717) is 21.9 Å². The molecular formula is C22H30BrClN2O2. The number of amides is 1. The van der Waals surface area contributed by atoms with Crippen LogP contribution in [-0.4, -0.2) is 16.7 Å². The molecule has 2 aromatic rings. The largest absolute Gasteiger partial charge is 0.443 e. The first-order chi connectivity index (χ1) is 13.2. The van der Waals surface area contributed by atoms with Crippen molar-refractivity contribution < 1.29 is 9.53 Å². The van der Waals surface area contributed by atoms with Crippen LogP contribution in [0.4, 0.5) is 10.5 Å². The Morgan fingerprint density at radius 2 is 1.75 bits per heavy atom. The molecule has 0 N–H and O–H groups in total. The predicted molar refractivity (Wildman–Crippen MR) is 121 cm³/mol. The molecule has 0 bridgehead atoms. The molecule has 0 aliphatic heterocycles. The molecule has 154 valence electrons. The monoisotopic (exact) mass is 468 g/mol. The van der Waals surface area contributed by atoms with Crippen molar-refractivity contribution in [3.8, 4) is 0 Å². The molecule has 0 atom stereocenters. The second-order valence-corrected chi connectivity index (χ2v) is 8.28. The Labute approximate surface area is 182 Å². The minimum Gasteiger partial charge on any atom is -0.443 e. The predicted octanol–water partition coefficient (Wildman–Crippen LogP) is 7.42. The summed E-state index contributed by atoms with van der Waals surface area (Å²) in [6.07, 6.45) is 3.23. The zero-order valence-corrected chi connectivity index (χ0v) is 19.9. The lowest BCUT2D eigenvalue weighted by molar-refractivity contribution is 0.0577. The molecular weight excluding hydrogens is 440 g/mol. The summed E-state index contributed by atoms with van der Waals surface area (Å²) >= 11 is 9.50. The number of hydrogen-bond acceptors (Lipinski definition) is 3. The third-order valence-electron chi connectivity index (χ3n) is 3.59. The quantitative estimate of drug-likeness (QED) is 0.428. The summed E-state index contributed by atoms with van der Waals surface area (Å²) in [5, 5.41) is 0.454. The van der Waals surface area contributed by atoms with Crippen molar-refractivity contribution in [2.24, 2.45) is 0 Å². The number of pyridine rings is 1. The Morgan fingerprint density at radius 3 is 2.29 bits per heavy atom. The van der Waals surface area contributed by atoms with Crippen molar-refractivity contribution in [3.63, 3.8) is 0 Å². The van der Waals surface area contributed by atoms with Crippen molar-refractivity contribution in [1.82, 2.24) is 4.98 Å². The van der Waals surface area contributed by atoms with E-state index >= 15 is 0 Å². The highest BCUT2D eigenvalue weighted by Crippen LogP contribution is 2.30. The highest BCUT2D eigenvalue weighted by atomic mass is 79.9. The molecule has 2 rings (SSSR count). The lowest BCUT2D eigenvalue weighted by Crippen LogP contribution is -2.36. The molecule has 1 amide bonds. The maximum atomic E-state index is 12.8. The van der Waals surface area contributed by atoms with Crippen molar-refractivity contribution in [1.29, 1.82) is 0 Å². The summed E-state index contributed by atoms with van der Waals surface area (Å²) in [4.78, 5) is 18.5. The first-order valence-corrected chi connectivity index (χ1v) is 10.8. The number of carbonyl (C=O) groups is 1. The van der Waals surface area contributed by atoms with Crippen LogP contribution in [0.1, 0.15) is 59.1 Å². The first-order valence-electron chi connectivity index (χ1n) is 9.59. The Morgan fingerprint density at radius 1 is 1.18 bits per heavy atom. The van der Waals surface area contributed by atoms with E-state index in [4.69, 9.17) is 16.3 Å². The highest BCUT2D eigenvalue weighted by Gasteiger charge is 2.25. The minimum atomic E-state index is -0.598. The number of halogens is 2. The Hall–Kier alpha value is -1.59. The van der Waals surface area contributed by atoms with Crippen molar-refractivity contribution in [2.45, 2.75) is 66.5 Å². The lowest BCUT2D eigenvalue weighted by Gasteiger charge is -2.28. The first kappa shape index (κ1) is 24.4. The number of rotatable bonds is 5. The third kappa shape index (κ3) is 7.80. The minimum absolute atomic E-state index is 0.363. The average molecular weight is 470 g/mol. The number of aryl methyl sites for hydroxylation is 1. The average Bonchev–Trinajstić information content (AvgIpc) is 2.64. The van der Waals surface area contributed by atoms with Crippen LogP contribution in [0, 0.1) is 0 Å². The third-order valence-corrected chi connectivity index (χ3v) is 4.41. The number of ether oxygens (including phenoxy) is 1. The topological polar surface area (TPSA) is 42.4 Å². The number of anilines is 1. The number of nitrogens with zero attached hydrogens (tertiary/aromatic N) is 2. The maximum absolute atomic E-state index is 12.8. The van der Waals surface area contributed by atoms with Crippen LogP contribution < -0.4 is 4.90 Å². The van der Waals surface area contributed by atoms with Crippen LogP contribution in [0.2, 0.25) is 5.02 Å². The van der Waals surface area contributed by atoms with Crippen LogP contribution in [-0.2, 0) is 17.7 Å². The van der Waals surface area contributed by atoms with Gasteiger partial charge in [-0.25, -0.2) is 9.78 Å². The van der Waals surface area contributed by atoms with E-state index in [2.05, 4.69) is 40.0 Å². The molecule has 1 heterocycles. The van der Waals surface area contributed by atoms with Crippen LogP contribution in [0.3, 0.4) is 0 Å². The van der Waals surface area contributed by atoms with Gasteiger partial charge >= 0.3 is 6.09 Å². The van der Waals surface area contributed by atoms with Crippen LogP contribution in [0.15, 0.2) is 41.1 Å². The zero-order chi connectivity index (χ0) is 21.3. The van der Waals surface area contributed by atoms with Crippen molar-refractivity contribution >= 4 is 39.3 Å². The normalized spacial score (nSPS) is 10.7. The van der Waals surface area contributed by atoms with E-state index in [0.717, 1.165) is 18.4 Å². The van der Waals surface area contributed by atoms with Crippen LogP contribution in [0.25, 0.3) is 0 Å². The van der Waals surface area contributed by atoms with Gasteiger partial charge in [0.05, 0.1) is 17.3 Å². The van der Waals surface area contributed by atoms with Gasteiger partial charge in [-0.1, -0.05) is 63.1 Å². The van der Waals surface area contributed by atoms with Crippen LogP contribution >= 0.6 is 27.5 Å². The van der Waals surface area contributed by atoms with E-state index in [1.54, 1.807) is 11.0 Å².